The predicted octanol–water partition coefficient (Wildman–Crippen LogP) is -1.06. The molecule has 1 heterocycles. The van der Waals surface area contributed by atoms with Gasteiger partial charge in [0.25, 0.3) is 0 Å². The van der Waals surface area contributed by atoms with Crippen LogP contribution in [-0.4, -0.2) is 81.8 Å². The number of nitrogens with one attached hydrogen (secondary N) is 1. The number of benzene rings is 1. The predicted molar refractivity (Wildman–Crippen MR) is 111 cm³/mol. The van der Waals surface area contributed by atoms with Crippen LogP contribution >= 0.6 is 0 Å². The first-order valence-electron chi connectivity index (χ1n) is 9.98. The molecule has 1 aromatic carbocycles. The third-order valence-corrected chi connectivity index (χ3v) is 5.00. The molecule has 31 heavy (non-hydrogen) atoms. The minimum atomic E-state index is -1.57. The van der Waals surface area contributed by atoms with E-state index in [4.69, 9.17) is 20.5 Å². The van der Waals surface area contributed by atoms with Crippen molar-refractivity contribution in [2.75, 3.05) is 19.6 Å². The van der Waals surface area contributed by atoms with Crippen molar-refractivity contribution >= 4 is 24.9 Å². The zero-order valence-electron chi connectivity index (χ0n) is 17.3. The van der Waals surface area contributed by atoms with E-state index in [2.05, 4.69) is 5.32 Å². The Morgan fingerprint density at radius 2 is 2.00 bits per heavy atom. The summed E-state index contributed by atoms with van der Waals surface area (Å²) < 4.78 is 5.67. The van der Waals surface area contributed by atoms with E-state index < -0.39 is 30.5 Å². The van der Waals surface area contributed by atoms with Gasteiger partial charge in [-0.3, -0.25) is 9.59 Å². The maximum Gasteiger partial charge on any atom is 0.451 e. The topological polar surface area (TPSA) is 183 Å². The van der Waals surface area contributed by atoms with Gasteiger partial charge in [0.15, 0.2) is 0 Å². The van der Waals surface area contributed by atoms with Crippen LogP contribution < -0.4 is 15.8 Å². The number of aromatic carboxylic acids is 1. The van der Waals surface area contributed by atoms with Crippen LogP contribution in [0.3, 0.4) is 0 Å². The number of nitrogens with two attached hydrogens (primary N) is 1. The van der Waals surface area contributed by atoms with Gasteiger partial charge in [-0.25, -0.2) is 4.79 Å². The Bertz CT molecular complexity index is 814. The molecule has 1 aromatic rings. The monoisotopic (exact) mass is 437 g/mol. The van der Waals surface area contributed by atoms with Gasteiger partial charge in [0.05, 0.1) is 13.1 Å². The largest absolute Gasteiger partial charge is 0.507 e. The normalized spacial score (nSPS) is 14.5. The molecule has 0 spiro atoms. The van der Waals surface area contributed by atoms with E-state index in [1.807, 2.05) is 0 Å². The smallest absolute Gasteiger partial charge is 0.451 e. The SMILES string of the molecule is CC(=O)N[C@@H](CN)CCC(=O)N1CC(Oc2ccc(CCB(O)O)c(O)c2C(=O)O)C1. The van der Waals surface area contributed by atoms with Gasteiger partial charge in [-0.05, 0) is 30.8 Å². The van der Waals surface area contributed by atoms with Crippen molar-refractivity contribution in [1.82, 2.24) is 10.2 Å². The highest BCUT2D eigenvalue weighted by molar-refractivity contribution is 6.41. The van der Waals surface area contributed by atoms with Crippen LogP contribution in [0.5, 0.6) is 11.5 Å². The van der Waals surface area contributed by atoms with Crippen molar-refractivity contribution in [2.24, 2.45) is 5.73 Å². The maximum absolute atomic E-state index is 12.3. The van der Waals surface area contributed by atoms with Crippen molar-refractivity contribution in [2.45, 2.75) is 44.7 Å². The Hall–Kier alpha value is -2.83. The fourth-order valence-corrected chi connectivity index (χ4v) is 3.30. The van der Waals surface area contributed by atoms with Crippen LogP contribution in [0.15, 0.2) is 12.1 Å². The van der Waals surface area contributed by atoms with Crippen molar-refractivity contribution in [3.63, 3.8) is 0 Å². The third-order valence-electron chi connectivity index (χ3n) is 5.00. The molecule has 7 N–H and O–H groups in total. The lowest BCUT2D eigenvalue weighted by atomic mass is 9.82. The first kappa shape index (κ1) is 24.4. The first-order valence-corrected chi connectivity index (χ1v) is 9.98. The number of hydrogen-bond acceptors (Lipinski definition) is 8. The van der Waals surface area contributed by atoms with Crippen LogP contribution in [-0.2, 0) is 16.0 Å². The molecule has 1 fully saturated rings. The van der Waals surface area contributed by atoms with E-state index in [-0.39, 0.29) is 68.0 Å². The first-order chi connectivity index (χ1) is 14.6. The summed E-state index contributed by atoms with van der Waals surface area (Å²) in [6.07, 6.45) is 0.226. The molecule has 1 saturated heterocycles. The summed E-state index contributed by atoms with van der Waals surface area (Å²) in [5, 5.41) is 40.3. The number of rotatable bonds is 11. The summed E-state index contributed by atoms with van der Waals surface area (Å²) in [5.41, 5.74) is 5.43. The lowest BCUT2D eigenvalue weighted by Crippen LogP contribution is -2.56. The molecule has 1 atom stereocenters. The van der Waals surface area contributed by atoms with Crippen LogP contribution in [0.2, 0.25) is 6.32 Å². The summed E-state index contributed by atoms with van der Waals surface area (Å²) in [6.45, 7) is 2.15. The van der Waals surface area contributed by atoms with Gasteiger partial charge in [-0.15, -0.1) is 0 Å². The van der Waals surface area contributed by atoms with Crippen LogP contribution in [0, 0.1) is 0 Å². The highest BCUT2D eigenvalue weighted by Gasteiger charge is 2.33. The molecular weight excluding hydrogens is 409 g/mol. The van der Waals surface area contributed by atoms with Crippen molar-refractivity contribution in [3.8, 4) is 11.5 Å². The van der Waals surface area contributed by atoms with E-state index in [1.54, 1.807) is 4.90 Å². The van der Waals surface area contributed by atoms with E-state index in [9.17, 15) is 24.6 Å². The third kappa shape index (κ3) is 6.84. The molecule has 0 unspecified atom stereocenters. The molecule has 0 saturated carbocycles. The molecule has 170 valence electrons. The minimum absolute atomic E-state index is 0.0238. The molecule has 1 aliphatic rings. The van der Waals surface area contributed by atoms with E-state index >= 15 is 0 Å². The zero-order valence-corrected chi connectivity index (χ0v) is 17.3. The van der Waals surface area contributed by atoms with Crippen LogP contribution in [0.4, 0.5) is 0 Å². The summed E-state index contributed by atoms with van der Waals surface area (Å²) >= 11 is 0. The number of carboxylic acids is 1. The summed E-state index contributed by atoms with van der Waals surface area (Å²) in [6, 6.07) is 2.60. The molecule has 2 rings (SSSR count). The summed E-state index contributed by atoms with van der Waals surface area (Å²) in [5.74, 6) is -2.22. The maximum atomic E-state index is 12.3. The van der Waals surface area contributed by atoms with Crippen molar-refractivity contribution < 1.29 is 39.4 Å². The second kappa shape index (κ2) is 11.0. The number of phenols is 1. The Morgan fingerprint density at radius 3 is 2.55 bits per heavy atom. The molecule has 2 amide bonds. The molecule has 12 heteroatoms. The molecule has 1 aliphatic heterocycles. The summed E-state index contributed by atoms with van der Waals surface area (Å²) in [7, 11) is -1.57. The highest BCUT2D eigenvalue weighted by atomic mass is 16.5. The van der Waals surface area contributed by atoms with Gasteiger partial charge in [0.1, 0.15) is 23.2 Å². The molecule has 0 radical (unpaired) electrons. The second-order valence-corrected chi connectivity index (χ2v) is 7.48. The number of carbonyl (C=O) groups excluding carboxylic acids is 2. The van der Waals surface area contributed by atoms with Crippen LogP contribution in [0.25, 0.3) is 0 Å². The molecule has 0 aromatic heterocycles. The van der Waals surface area contributed by atoms with Gasteiger partial charge in [-0.1, -0.05) is 6.07 Å². The number of amides is 2. The number of carboxylic acid groups (broad SMARTS) is 1. The van der Waals surface area contributed by atoms with Crippen molar-refractivity contribution in [3.05, 3.63) is 23.3 Å². The summed E-state index contributed by atoms with van der Waals surface area (Å²) in [4.78, 5) is 36.5. The number of aromatic hydroxyl groups is 1. The quantitative estimate of drug-likeness (QED) is 0.235. The Kier molecular flexibility index (Phi) is 8.66. The van der Waals surface area contributed by atoms with E-state index in [0.717, 1.165) is 0 Å². The lowest BCUT2D eigenvalue weighted by Gasteiger charge is -2.39. The van der Waals surface area contributed by atoms with Gasteiger partial charge >= 0.3 is 13.1 Å². The fraction of sp³-hybridized carbons (Fsp3) is 0.526. The molecule has 0 aliphatic carbocycles. The number of aryl methyl sites for hydroxylation is 1. The Labute approximate surface area is 179 Å². The van der Waals surface area contributed by atoms with E-state index in [1.165, 1.54) is 19.1 Å². The fourth-order valence-electron chi connectivity index (χ4n) is 3.30. The van der Waals surface area contributed by atoms with Crippen molar-refractivity contribution in [1.29, 1.82) is 0 Å². The lowest BCUT2D eigenvalue weighted by molar-refractivity contribution is -0.140. The standard InChI is InChI=1S/C19H28BN3O8/c1-11(24)22-13(8-21)3-5-16(25)23-9-14(10-23)31-15-4-2-12(6-7-20(29)30)18(26)17(15)19(27)28/h2,4,13-14,26,29-30H,3,5-10,21H2,1H3,(H,22,24)(H,27,28)/t13-/m1/s1. The van der Waals surface area contributed by atoms with Gasteiger partial charge in [-0.2, -0.15) is 0 Å². The number of nitrogens with zero attached hydrogens (tertiary/aromatic N) is 1. The average Bonchev–Trinajstić information content (AvgIpc) is 2.65. The molecule has 0 bridgehead atoms. The Morgan fingerprint density at radius 1 is 1.32 bits per heavy atom. The molecule has 11 nitrogen and oxygen atoms in total. The number of likely N-dealkylation sites (tertiary alicyclic amines) is 1. The zero-order chi connectivity index (χ0) is 23.1. The number of carbonyl (C=O) groups is 3. The number of hydrogen-bond donors (Lipinski definition) is 6. The van der Waals surface area contributed by atoms with Gasteiger partial charge < -0.3 is 40.9 Å². The molecular formula is C19H28BN3O8. The van der Waals surface area contributed by atoms with Gasteiger partial charge in [0, 0.05) is 25.9 Å². The average molecular weight is 437 g/mol. The van der Waals surface area contributed by atoms with E-state index in [0.29, 0.717) is 6.42 Å². The van der Waals surface area contributed by atoms with Crippen LogP contribution in [0.1, 0.15) is 35.7 Å². The highest BCUT2D eigenvalue weighted by Crippen LogP contribution is 2.34. The Balaban J connectivity index is 1.92. The number of ether oxygens (including phenoxy) is 1. The van der Waals surface area contributed by atoms with Gasteiger partial charge in [0.2, 0.25) is 11.8 Å². The second-order valence-electron chi connectivity index (χ2n) is 7.48. The minimum Gasteiger partial charge on any atom is -0.507 e.